The quantitative estimate of drug-likeness (QED) is 0.716. The molecule has 2 unspecified atom stereocenters. The van der Waals surface area contributed by atoms with E-state index in [1.54, 1.807) is 0 Å². The topological polar surface area (TPSA) is 52.0 Å². The van der Waals surface area contributed by atoms with Crippen molar-refractivity contribution in [1.82, 2.24) is 5.16 Å². The third-order valence-electron chi connectivity index (χ3n) is 3.71. The summed E-state index contributed by atoms with van der Waals surface area (Å²) in [5.74, 6) is 4.04. The molecule has 2 atom stereocenters. The van der Waals surface area contributed by atoms with E-state index in [2.05, 4.69) is 5.16 Å². The first kappa shape index (κ1) is 7.42. The van der Waals surface area contributed by atoms with Gasteiger partial charge in [-0.3, -0.25) is 0 Å². The Morgan fingerprint density at radius 2 is 2.08 bits per heavy atom. The summed E-state index contributed by atoms with van der Waals surface area (Å²) in [6, 6.07) is 0. The van der Waals surface area contributed by atoms with E-state index < -0.39 is 0 Å². The molecule has 3 nitrogen and oxygen atoms in total. The lowest BCUT2D eigenvalue weighted by atomic mass is 10.1. The number of hydrogen-bond donors (Lipinski definition) is 1. The largest absolute Gasteiger partial charge is 0.381 e. The minimum Gasteiger partial charge on any atom is -0.381 e. The lowest BCUT2D eigenvalue weighted by molar-refractivity contribution is 0.374. The average Bonchev–Trinajstić information content (AvgIpc) is 2.49. The highest BCUT2D eigenvalue weighted by Gasteiger charge is 2.55. The molecule has 1 heterocycles. The van der Waals surface area contributed by atoms with Crippen molar-refractivity contribution in [2.24, 2.45) is 11.8 Å². The fourth-order valence-electron chi connectivity index (χ4n) is 2.88. The molecule has 3 heteroatoms. The van der Waals surface area contributed by atoms with Crippen molar-refractivity contribution in [3.63, 3.8) is 0 Å². The number of fused-ring (bicyclic) bond motifs is 1. The van der Waals surface area contributed by atoms with Gasteiger partial charge in [-0.15, -0.1) is 0 Å². The fraction of sp³-hybridized carbons (Fsp3) is 0.700. The van der Waals surface area contributed by atoms with Gasteiger partial charge in [0.1, 0.15) is 5.76 Å². The molecule has 2 N–H and O–H groups in total. The molecule has 1 aromatic heterocycles. The van der Waals surface area contributed by atoms with Crippen LogP contribution in [-0.2, 0) is 0 Å². The van der Waals surface area contributed by atoms with E-state index >= 15 is 0 Å². The maximum Gasteiger partial charge on any atom is 0.170 e. The first-order chi connectivity index (χ1) is 6.29. The summed E-state index contributed by atoms with van der Waals surface area (Å²) in [5.41, 5.74) is 6.72. The number of rotatable bonds is 1. The molecule has 13 heavy (non-hydrogen) atoms. The van der Waals surface area contributed by atoms with Crippen molar-refractivity contribution in [3.05, 3.63) is 11.3 Å². The lowest BCUT2D eigenvalue weighted by Crippen LogP contribution is -1.90. The summed E-state index contributed by atoms with van der Waals surface area (Å²) < 4.78 is 5.28. The van der Waals surface area contributed by atoms with Crippen LogP contribution in [0.1, 0.15) is 36.5 Å². The molecule has 0 aliphatic heterocycles. The van der Waals surface area contributed by atoms with E-state index in [1.807, 2.05) is 6.92 Å². The molecule has 0 saturated heterocycles. The first-order valence-corrected chi connectivity index (χ1v) is 5.00. The van der Waals surface area contributed by atoms with E-state index in [1.165, 1.54) is 19.3 Å². The summed E-state index contributed by atoms with van der Waals surface area (Å²) in [5, 5.41) is 3.81. The summed E-state index contributed by atoms with van der Waals surface area (Å²) >= 11 is 0. The number of anilines is 1. The highest BCUT2D eigenvalue weighted by Crippen LogP contribution is 2.63. The summed E-state index contributed by atoms with van der Waals surface area (Å²) in [7, 11) is 0. The van der Waals surface area contributed by atoms with Gasteiger partial charge in [0.05, 0.1) is 0 Å². The Labute approximate surface area is 77.3 Å². The standard InChI is InChI=1S/C10H14N2O/c1-5-9(13-12-10(5)11)8-6-3-2-4-7(6)8/h6-8H,2-4H2,1H3,(H2,11,12). The molecule has 70 valence electrons. The minimum atomic E-state index is 0.569. The highest BCUT2D eigenvalue weighted by molar-refractivity contribution is 5.42. The summed E-state index contributed by atoms with van der Waals surface area (Å²) in [6.07, 6.45) is 4.14. The van der Waals surface area contributed by atoms with Crippen molar-refractivity contribution >= 4 is 5.82 Å². The second-order valence-corrected chi connectivity index (χ2v) is 4.34. The van der Waals surface area contributed by atoms with Gasteiger partial charge in [-0.2, -0.15) is 0 Å². The number of aromatic nitrogens is 1. The van der Waals surface area contributed by atoms with Crippen LogP contribution in [0.4, 0.5) is 5.82 Å². The van der Waals surface area contributed by atoms with Crippen LogP contribution in [0.5, 0.6) is 0 Å². The van der Waals surface area contributed by atoms with Crippen LogP contribution >= 0.6 is 0 Å². The van der Waals surface area contributed by atoms with Crippen LogP contribution in [0, 0.1) is 18.8 Å². The second-order valence-electron chi connectivity index (χ2n) is 4.34. The Kier molecular flexibility index (Phi) is 1.30. The van der Waals surface area contributed by atoms with Gasteiger partial charge in [0.15, 0.2) is 5.82 Å². The third kappa shape index (κ3) is 0.872. The molecule has 2 aliphatic carbocycles. The van der Waals surface area contributed by atoms with Gasteiger partial charge in [-0.05, 0) is 31.6 Å². The maximum atomic E-state index is 5.65. The number of nitrogens with two attached hydrogens (primary N) is 1. The van der Waals surface area contributed by atoms with Crippen LogP contribution in [0.2, 0.25) is 0 Å². The number of nitrogen functional groups attached to an aromatic ring is 1. The van der Waals surface area contributed by atoms with E-state index in [9.17, 15) is 0 Å². The molecular weight excluding hydrogens is 164 g/mol. The molecule has 0 amide bonds. The Balaban J connectivity index is 1.91. The maximum absolute atomic E-state index is 5.65. The van der Waals surface area contributed by atoms with E-state index in [-0.39, 0.29) is 0 Å². The normalized spacial score (nSPS) is 36.2. The molecule has 2 saturated carbocycles. The predicted molar refractivity (Wildman–Crippen MR) is 49.2 cm³/mol. The smallest absolute Gasteiger partial charge is 0.170 e. The Bertz CT molecular complexity index is 335. The molecule has 2 aliphatic rings. The molecule has 1 aromatic rings. The van der Waals surface area contributed by atoms with Crippen LogP contribution in [0.25, 0.3) is 0 Å². The van der Waals surface area contributed by atoms with Gasteiger partial charge in [0.2, 0.25) is 0 Å². The van der Waals surface area contributed by atoms with Crippen molar-refractivity contribution < 1.29 is 4.52 Å². The molecule has 0 radical (unpaired) electrons. The van der Waals surface area contributed by atoms with Crippen molar-refractivity contribution in [1.29, 1.82) is 0 Å². The van der Waals surface area contributed by atoms with Crippen molar-refractivity contribution in [2.75, 3.05) is 5.73 Å². The third-order valence-corrected chi connectivity index (χ3v) is 3.71. The van der Waals surface area contributed by atoms with E-state index in [0.29, 0.717) is 11.7 Å². The monoisotopic (exact) mass is 178 g/mol. The van der Waals surface area contributed by atoms with Gasteiger partial charge in [0, 0.05) is 11.5 Å². The zero-order valence-electron chi connectivity index (χ0n) is 7.79. The summed E-state index contributed by atoms with van der Waals surface area (Å²) in [4.78, 5) is 0. The van der Waals surface area contributed by atoms with Crippen LogP contribution in [-0.4, -0.2) is 5.16 Å². The molecular formula is C10H14N2O. The number of hydrogen-bond acceptors (Lipinski definition) is 3. The van der Waals surface area contributed by atoms with Gasteiger partial charge in [-0.1, -0.05) is 11.6 Å². The minimum absolute atomic E-state index is 0.569. The Morgan fingerprint density at radius 3 is 2.62 bits per heavy atom. The zero-order valence-corrected chi connectivity index (χ0v) is 7.79. The van der Waals surface area contributed by atoms with Crippen LogP contribution in [0.15, 0.2) is 4.52 Å². The van der Waals surface area contributed by atoms with Gasteiger partial charge in [0.25, 0.3) is 0 Å². The van der Waals surface area contributed by atoms with Gasteiger partial charge < -0.3 is 10.3 Å². The SMILES string of the molecule is Cc1c(N)noc1C1C2CCCC21. The Hall–Kier alpha value is -0.990. The summed E-state index contributed by atoms with van der Waals surface area (Å²) in [6.45, 7) is 2.01. The fourth-order valence-corrected chi connectivity index (χ4v) is 2.88. The number of nitrogens with zero attached hydrogens (tertiary/aromatic N) is 1. The lowest BCUT2D eigenvalue weighted by Gasteiger charge is -1.98. The highest BCUT2D eigenvalue weighted by atomic mass is 16.5. The molecule has 3 rings (SSSR count). The average molecular weight is 178 g/mol. The van der Waals surface area contributed by atoms with Crippen molar-refractivity contribution in [2.45, 2.75) is 32.1 Å². The van der Waals surface area contributed by atoms with E-state index in [0.717, 1.165) is 23.2 Å². The van der Waals surface area contributed by atoms with Gasteiger partial charge >= 0.3 is 0 Å². The molecule has 2 fully saturated rings. The van der Waals surface area contributed by atoms with Crippen LogP contribution < -0.4 is 5.73 Å². The molecule has 0 spiro atoms. The van der Waals surface area contributed by atoms with Crippen LogP contribution in [0.3, 0.4) is 0 Å². The first-order valence-electron chi connectivity index (χ1n) is 5.00. The van der Waals surface area contributed by atoms with E-state index in [4.69, 9.17) is 10.3 Å². The molecule has 0 aromatic carbocycles. The van der Waals surface area contributed by atoms with Crippen molar-refractivity contribution in [3.8, 4) is 0 Å². The predicted octanol–water partition coefficient (Wildman–Crippen LogP) is 2.08. The Morgan fingerprint density at radius 1 is 1.38 bits per heavy atom. The second kappa shape index (κ2) is 2.28. The zero-order chi connectivity index (χ0) is 9.00. The van der Waals surface area contributed by atoms with Gasteiger partial charge in [-0.25, -0.2) is 0 Å². The molecule has 0 bridgehead atoms.